The minimum Gasteiger partial charge on any atom is -0.361 e. The van der Waals surface area contributed by atoms with Gasteiger partial charge in [0.15, 0.2) is 5.69 Å². The van der Waals surface area contributed by atoms with Gasteiger partial charge in [0, 0.05) is 31.2 Å². The van der Waals surface area contributed by atoms with Crippen LogP contribution in [0.3, 0.4) is 0 Å². The number of aromatic nitrogens is 3. The SMILES string of the molecule is Cc1noc(C)c1[C@@H]1CCCN1C(=O)c1cc2n(n1)CCN(C(C)C)C2. The van der Waals surface area contributed by atoms with E-state index in [1.807, 2.05) is 29.5 Å². The van der Waals surface area contributed by atoms with Gasteiger partial charge in [-0.1, -0.05) is 5.16 Å². The third-order valence-corrected chi connectivity index (χ3v) is 5.71. The summed E-state index contributed by atoms with van der Waals surface area (Å²) in [5, 5.41) is 8.68. The van der Waals surface area contributed by atoms with E-state index in [0.29, 0.717) is 11.7 Å². The fourth-order valence-corrected chi connectivity index (χ4v) is 4.25. The van der Waals surface area contributed by atoms with Gasteiger partial charge < -0.3 is 9.42 Å². The third-order valence-electron chi connectivity index (χ3n) is 5.71. The zero-order valence-corrected chi connectivity index (χ0v) is 16.0. The van der Waals surface area contributed by atoms with E-state index >= 15 is 0 Å². The number of fused-ring (bicyclic) bond motifs is 1. The number of likely N-dealkylation sites (tertiary alicyclic amines) is 1. The molecule has 7 nitrogen and oxygen atoms in total. The van der Waals surface area contributed by atoms with Gasteiger partial charge in [0.25, 0.3) is 5.91 Å². The van der Waals surface area contributed by atoms with Gasteiger partial charge in [-0.25, -0.2) is 0 Å². The summed E-state index contributed by atoms with van der Waals surface area (Å²) in [7, 11) is 0. The van der Waals surface area contributed by atoms with Crippen LogP contribution in [0.1, 0.15) is 65.9 Å². The van der Waals surface area contributed by atoms with Crippen molar-refractivity contribution in [2.45, 2.75) is 65.7 Å². The monoisotopic (exact) mass is 357 g/mol. The van der Waals surface area contributed by atoms with Gasteiger partial charge in [-0.05, 0) is 46.6 Å². The molecule has 26 heavy (non-hydrogen) atoms. The molecule has 1 fully saturated rings. The molecule has 4 rings (SSSR count). The molecular formula is C19H27N5O2. The molecule has 0 aromatic carbocycles. The molecule has 7 heteroatoms. The van der Waals surface area contributed by atoms with Crippen molar-refractivity contribution < 1.29 is 9.32 Å². The van der Waals surface area contributed by atoms with Crippen molar-refractivity contribution in [3.8, 4) is 0 Å². The number of rotatable bonds is 3. The first-order chi connectivity index (χ1) is 12.5. The van der Waals surface area contributed by atoms with E-state index in [4.69, 9.17) is 4.52 Å². The van der Waals surface area contributed by atoms with E-state index in [9.17, 15) is 4.79 Å². The van der Waals surface area contributed by atoms with E-state index in [2.05, 4.69) is 29.0 Å². The highest BCUT2D eigenvalue weighted by Gasteiger charge is 2.35. The Morgan fingerprint density at radius 1 is 1.27 bits per heavy atom. The second kappa shape index (κ2) is 6.54. The van der Waals surface area contributed by atoms with Crippen molar-refractivity contribution >= 4 is 5.91 Å². The molecule has 0 radical (unpaired) electrons. The molecule has 2 aromatic rings. The van der Waals surface area contributed by atoms with Gasteiger partial charge >= 0.3 is 0 Å². The zero-order valence-electron chi connectivity index (χ0n) is 16.0. The van der Waals surface area contributed by atoms with Crippen molar-refractivity contribution in [1.29, 1.82) is 0 Å². The number of hydrogen-bond donors (Lipinski definition) is 0. The van der Waals surface area contributed by atoms with Gasteiger partial charge in [-0.2, -0.15) is 5.10 Å². The number of amides is 1. The number of aryl methyl sites for hydroxylation is 2. The first-order valence-corrected chi connectivity index (χ1v) is 9.50. The Labute approximate surface area is 153 Å². The second-order valence-electron chi connectivity index (χ2n) is 7.70. The largest absolute Gasteiger partial charge is 0.361 e. The fourth-order valence-electron chi connectivity index (χ4n) is 4.25. The molecular weight excluding hydrogens is 330 g/mol. The Balaban J connectivity index is 1.58. The van der Waals surface area contributed by atoms with E-state index in [1.165, 1.54) is 0 Å². The van der Waals surface area contributed by atoms with Crippen molar-refractivity contribution in [2.24, 2.45) is 0 Å². The highest BCUT2D eigenvalue weighted by molar-refractivity contribution is 5.93. The first kappa shape index (κ1) is 17.3. The molecule has 0 aliphatic carbocycles. The fraction of sp³-hybridized carbons (Fsp3) is 0.632. The van der Waals surface area contributed by atoms with Crippen LogP contribution >= 0.6 is 0 Å². The van der Waals surface area contributed by atoms with Gasteiger partial charge in [0.1, 0.15) is 5.76 Å². The van der Waals surface area contributed by atoms with Gasteiger partial charge in [0.05, 0.1) is 24.0 Å². The Morgan fingerprint density at radius 3 is 2.77 bits per heavy atom. The van der Waals surface area contributed by atoms with Crippen molar-refractivity contribution in [3.05, 3.63) is 34.5 Å². The van der Waals surface area contributed by atoms with E-state index in [1.54, 1.807) is 0 Å². The highest BCUT2D eigenvalue weighted by atomic mass is 16.5. The molecule has 2 aliphatic heterocycles. The lowest BCUT2D eigenvalue weighted by molar-refractivity contribution is 0.0727. The first-order valence-electron chi connectivity index (χ1n) is 9.50. The second-order valence-corrected chi connectivity index (χ2v) is 7.70. The summed E-state index contributed by atoms with van der Waals surface area (Å²) >= 11 is 0. The summed E-state index contributed by atoms with van der Waals surface area (Å²) in [6, 6.07) is 2.51. The summed E-state index contributed by atoms with van der Waals surface area (Å²) in [5.74, 6) is 0.828. The van der Waals surface area contributed by atoms with Crippen LogP contribution in [0.5, 0.6) is 0 Å². The normalized spacial score (nSPS) is 20.8. The summed E-state index contributed by atoms with van der Waals surface area (Å²) in [6.45, 7) is 11.7. The Kier molecular flexibility index (Phi) is 4.34. The number of nitrogens with zero attached hydrogens (tertiary/aromatic N) is 5. The minimum atomic E-state index is 0.0190. The molecule has 0 N–H and O–H groups in total. The van der Waals surface area contributed by atoms with E-state index in [-0.39, 0.29) is 11.9 Å². The van der Waals surface area contributed by atoms with Crippen molar-refractivity contribution in [1.82, 2.24) is 24.7 Å². The molecule has 1 amide bonds. The standard InChI is InChI=1S/C19H27N5O2/c1-12(2)22-8-9-24-15(11-22)10-16(20-24)19(25)23-7-5-6-17(23)18-13(3)21-26-14(18)4/h10,12,17H,5-9,11H2,1-4H3/t17-/m0/s1. The van der Waals surface area contributed by atoms with Crippen LogP contribution in [0.4, 0.5) is 0 Å². The molecule has 1 saturated heterocycles. The number of carbonyl (C=O) groups is 1. The molecule has 1 atom stereocenters. The Hall–Kier alpha value is -2.15. The Morgan fingerprint density at radius 2 is 2.08 bits per heavy atom. The Bertz CT molecular complexity index is 803. The van der Waals surface area contributed by atoms with Gasteiger partial charge in [-0.15, -0.1) is 0 Å². The minimum absolute atomic E-state index is 0.0190. The lowest BCUT2D eigenvalue weighted by Crippen LogP contribution is -2.38. The van der Waals surface area contributed by atoms with Crippen LogP contribution in [0.2, 0.25) is 0 Å². The molecule has 4 heterocycles. The zero-order chi connectivity index (χ0) is 18.4. The van der Waals surface area contributed by atoms with E-state index < -0.39 is 0 Å². The van der Waals surface area contributed by atoms with Crippen molar-refractivity contribution in [2.75, 3.05) is 13.1 Å². The van der Waals surface area contributed by atoms with Gasteiger partial charge in [0.2, 0.25) is 0 Å². The molecule has 140 valence electrons. The van der Waals surface area contributed by atoms with Crippen LogP contribution in [0.25, 0.3) is 0 Å². The molecule has 0 saturated carbocycles. The molecule has 2 aromatic heterocycles. The average molecular weight is 357 g/mol. The maximum absolute atomic E-state index is 13.2. The number of carbonyl (C=O) groups excluding carboxylic acids is 1. The summed E-state index contributed by atoms with van der Waals surface area (Å²) in [4.78, 5) is 17.5. The third kappa shape index (κ3) is 2.84. The van der Waals surface area contributed by atoms with Crippen LogP contribution in [0, 0.1) is 13.8 Å². The van der Waals surface area contributed by atoms with Crippen LogP contribution in [0.15, 0.2) is 10.6 Å². The highest BCUT2D eigenvalue weighted by Crippen LogP contribution is 2.36. The molecule has 0 spiro atoms. The van der Waals surface area contributed by atoms with Crippen molar-refractivity contribution in [3.63, 3.8) is 0 Å². The van der Waals surface area contributed by atoms with Crippen LogP contribution in [-0.4, -0.2) is 49.8 Å². The number of hydrogen-bond acceptors (Lipinski definition) is 5. The maximum atomic E-state index is 13.2. The predicted molar refractivity (Wildman–Crippen MR) is 96.8 cm³/mol. The lowest BCUT2D eigenvalue weighted by atomic mass is 10.0. The summed E-state index contributed by atoms with van der Waals surface area (Å²) in [6.07, 6.45) is 1.94. The maximum Gasteiger partial charge on any atom is 0.274 e. The molecule has 2 aliphatic rings. The molecule has 0 bridgehead atoms. The summed E-state index contributed by atoms with van der Waals surface area (Å²) in [5.41, 5.74) is 3.63. The van der Waals surface area contributed by atoms with Crippen LogP contribution < -0.4 is 0 Å². The van der Waals surface area contributed by atoms with Gasteiger partial charge in [-0.3, -0.25) is 14.4 Å². The van der Waals surface area contributed by atoms with Crippen LogP contribution in [-0.2, 0) is 13.1 Å². The summed E-state index contributed by atoms with van der Waals surface area (Å²) < 4.78 is 7.32. The average Bonchev–Trinajstić information content (AvgIpc) is 3.31. The molecule has 0 unspecified atom stereocenters. The quantitative estimate of drug-likeness (QED) is 0.845. The van der Waals surface area contributed by atoms with E-state index in [0.717, 1.165) is 61.7 Å². The lowest BCUT2D eigenvalue weighted by Gasteiger charge is -2.30. The smallest absolute Gasteiger partial charge is 0.274 e. The topological polar surface area (TPSA) is 67.4 Å². The predicted octanol–water partition coefficient (Wildman–Crippen LogP) is 2.69.